The van der Waals surface area contributed by atoms with Crippen molar-refractivity contribution in [1.82, 2.24) is 20.1 Å². The molecule has 1 aliphatic rings. The quantitative estimate of drug-likeness (QED) is 0.650. The van der Waals surface area contributed by atoms with Crippen molar-refractivity contribution in [3.8, 4) is 5.88 Å². The predicted molar refractivity (Wildman–Crippen MR) is 117 cm³/mol. The van der Waals surface area contributed by atoms with Gasteiger partial charge in [0.1, 0.15) is 5.69 Å². The van der Waals surface area contributed by atoms with Gasteiger partial charge in [0, 0.05) is 36.2 Å². The van der Waals surface area contributed by atoms with Crippen molar-refractivity contribution in [3.05, 3.63) is 60.0 Å². The van der Waals surface area contributed by atoms with E-state index in [0.717, 1.165) is 29.3 Å². The van der Waals surface area contributed by atoms with E-state index in [1.165, 1.54) is 0 Å². The Kier molecular flexibility index (Phi) is 5.66. The van der Waals surface area contributed by atoms with E-state index in [4.69, 9.17) is 4.74 Å². The predicted octanol–water partition coefficient (Wildman–Crippen LogP) is 4.25. The molecule has 1 saturated heterocycles. The summed E-state index contributed by atoms with van der Waals surface area (Å²) in [5.74, 6) is 0.967. The number of amides is 1. The highest BCUT2D eigenvalue weighted by atomic mass is 16.5. The van der Waals surface area contributed by atoms with Crippen LogP contribution in [-0.4, -0.2) is 45.7 Å². The zero-order valence-corrected chi connectivity index (χ0v) is 17.8. The fourth-order valence-electron chi connectivity index (χ4n) is 3.74. The Labute approximate surface area is 177 Å². The molecule has 0 radical (unpaired) electrons. The number of hydrogen-bond acceptors (Lipinski definition) is 5. The number of rotatable bonds is 4. The highest BCUT2D eigenvalue weighted by molar-refractivity contribution is 6.05. The molecule has 2 aromatic heterocycles. The summed E-state index contributed by atoms with van der Waals surface area (Å²) in [6.07, 6.45) is 3.52. The standard InChI is InChI=1S/C24H28N4O2/c1-24(2,3)20-8-9-21(27-26-20)30-16-17-11-14-28(15-12-17)23(29)22-19-7-5-4-6-18(19)10-13-25-22/h4-10,13,17H,11-12,14-16H2,1-3H3. The highest BCUT2D eigenvalue weighted by Crippen LogP contribution is 2.24. The van der Waals surface area contributed by atoms with Gasteiger partial charge in [0.05, 0.1) is 12.3 Å². The van der Waals surface area contributed by atoms with Gasteiger partial charge in [-0.3, -0.25) is 9.78 Å². The number of carbonyl (C=O) groups excluding carboxylic acids is 1. The highest BCUT2D eigenvalue weighted by Gasteiger charge is 2.26. The lowest BCUT2D eigenvalue weighted by Gasteiger charge is -2.31. The van der Waals surface area contributed by atoms with Crippen molar-refractivity contribution >= 4 is 16.7 Å². The Hall–Kier alpha value is -3.02. The number of hydrogen-bond donors (Lipinski definition) is 0. The number of ether oxygens (including phenoxy) is 1. The van der Waals surface area contributed by atoms with Gasteiger partial charge in [-0.2, -0.15) is 5.10 Å². The van der Waals surface area contributed by atoms with Crippen LogP contribution in [0, 0.1) is 5.92 Å². The number of benzene rings is 1. The molecular weight excluding hydrogens is 376 g/mol. The molecule has 6 heteroatoms. The van der Waals surface area contributed by atoms with E-state index < -0.39 is 0 Å². The number of fused-ring (bicyclic) bond motifs is 1. The molecule has 1 aliphatic heterocycles. The maximum atomic E-state index is 13.0. The van der Waals surface area contributed by atoms with E-state index in [-0.39, 0.29) is 11.3 Å². The fraction of sp³-hybridized carbons (Fsp3) is 0.417. The molecular formula is C24H28N4O2. The Morgan fingerprint density at radius 2 is 1.83 bits per heavy atom. The average Bonchev–Trinajstić information content (AvgIpc) is 2.77. The first-order valence-electron chi connectivity index (χ1n) is 10.5. The first-order chi connectivity index (χ1) is 14.4. The molecule has 6 nitrogen and oxygen atoms in total. The number of likely N-dealkylation sites (tertiary alicyclic amines) is 1. The summed E-state index contributed by atoms with van der Waals surface area (Å²) in [5.41, 5.74) is 1.46. The minimum absolute atomic E-state index is 0.00908. The third kappa shape index (κ3) is 4.42. The van der Waals surface area contributed by atoms with Gasteiger partial charge in [0.2, 0.25) is 5.88 Å². The second-order valence-corrected chi connectivity index (χ2v) is 8.93. The van der Waals surface area contributed by atoms with Gasteiger partial charge in [0.25, 0.3) is 5.91 Å². The molecule has 3 heterocycles. The SMILES string of the molecule is CC(C)(C)c1ccc(OCC2CCN(C(=O)c3nccc4ccccc34)CC2)nn1. The van der Waals surface area contributed by atoms with Crippen LogP contribution >= 0.6 is 0 Å². The van der Waals surface area contributed by atoms with Gasteiger partial charge in [0.15, 0.2) is 0 Å². The van der Waals surface area contributed by atoms with Crippen LogP contribution in [0.2, 0.25) is 0 Å². The Morgan fingerprint density at radius 3 is 2.53 bits per heavy atom. The fourth-order valence-corrected chi connectivity index (χ4v) is 3.74. The molecule has 30 heavy (non-hydrogen) atoms. The van der Waals surface area contributed by atoms with Gasteiger partial charge in [-0.1, -0.05) is 45.0 Å². The number of carbonyl (C=O) groups is 1. The summed E-state index contributed by atoms with van der Waals surface area (Å²) in [6.45, 7) is 8.36. The molecule has 0 N–H and O–H groups in total. The van der Waals surface area contributed by atoms with Crippen LogP contribution in [0.4, 0.5) is 0 Å². The summed E-state index contributed by atoms with van der Waals surface area (Å²) in [5, 5.41) is 10.4. The minimum atomic E-state index is -0.0240. The second-order valence-electron chi connectivity index (χ2n) is 8.93. The number of nitrogens with zero attached hydrogens (tertiary/aromatic N) is 4. The molecule has 0 bridgehead atoms. The maximum absolute atomic E-state index is 13.0. The monoisotopic (exact) mass is 404 g/mol. The lowest BCUT2D eigenvalue weighted by Crippen LogP contribution is -2.40. The molecule has 4 rings (SSSR count). The molecule has 0 atom stereocenters. The molecule has 1 aromatic carbocycles. The summed E-state index contributed by atoms with van der Waals surface area (Å²) >= 11 is 0. The molecule has 0 spiro atoms. The van der Waals surface area contributed by atoms with E-state index in [1.54, 1.807) is 6.20 Å². The van der Waals surface area contributed by atoms with Crippen molar-refractivity contribution < 1.29 is 9.53 Å². The van der Waals surface area contributed by atoms with E-state index in [9.17, 15) is 4.79 Å². The van der Waals surface area contributed by atoms with Gasteiger partial charge < -0.3 is 9.64 Å². The van der Waals surface area contributed by atoms with Crippen molar-refractivity contribution in [1.29, 1.82) is 0 Å². The van der Waals surface area contributed by atoms with Crippen molar-refractivity contribution in [3.63, 3.8) is 0 Å². The first kappa shape index (κ1) is 20.3. The van der Waals surface area contributed by atoms with Gasteiger partial charge in [-0.05, 0) is 36.3 Å². The third-order valence-corrected chi connectivity index (χ3v) is 5.65. The van der Waals surface area contributed by atoms with Crippen LogP contribution in [0.1, 0.15) is 49.8 Å². The Morgan fingerprint density at radius 1 is 1.07 bits per heavy atom. The Balaban J connectivity index is 1.32. The average molecular weight is 405 g/mol. The van der Waals surface area contributed by atoms with Crippen LogP contribution in [-0.2, 0) is 5.41 Å². The topological polar surface area (TPSA) is 68.2 Å². The zero-order valence-electron chi connectivity index (χ0n) is 17.8. The van der Waals surface area contributed by atoms with E-state index in [1.807, 2.05) is 47.4 Å². The molecule has 1 fully saturated rings. The second kappa shape index (κ2) is 8.38. The first-order valence-corrected chi connectivity index (χ1v) is 10.5. The van der Waals surface area contributed by atoms with Gasteiger partial charge in [-0.15, -0.1) is 5.10 Å². The normalized spacial score (nSPS) is 15.4. The number of piperidine rings is 1. The smallest absolute Gasteiger partial charge is 0.273 e. The van der Waals surface area contributed by atoms with Crippen LogP contribution in [0.25, 0.3) is 10.8 Å². The summed E-state index contributed by atoms with van der Waals surface area (Å²) < 4.78 is 5.86. The van der Waals surface area contributed by atoms with Gasteiger partial charge >= 0.3 is 0 Å². The lowest BCUT2D eigenvalue weighted by molar-refractivity contribution is 0.0655. The summed E-state index contributed by atoms with van der Waals surface area (Å²) in [7, 11) is 0. The molecule has 0 unspecified atom stereocenters. The van der Waals surface area contributed by atoms with Crippen molar-refractivity contribution in [2.24, 2.45) is 5.92 Å². The molecule has 0 aliphatic carbocycles. The van der Waals surface area contributed by atoms with Crippen molar-refractivity contribution in [2.45, 2.75) is 39.0 Å². The van der Waals surface area contributed by atoms with Crippen LogP contribution in [0.15, 0.2) is 48.7 Å². The lowest BCUT2D eigenvalue weighted by atomic mass is 9.92. The van der Waals surface area contributed by atoms with Crippen LogP contribution in [0.5, 0.6) is 5.88 Å². The summed E-state index contributed by atoms with van der Waals surface area (Å²) in [4.78, 5) is 19.3. The van der Waals surface area contributed by atoms with E-state index in [0.29, 0.717) is 37.2 Å². The maximum Gasteiger partial charge on any atom is 0.273 e. The number of pyridine rings is 1. The molecule has 0 saturated carbocycles. The van der Waals surface area contributed by atoms with Crippen LogP contribution in [0.3, 0.4) is 0 Å². The molecule has 3 aromatic rings. The largest absolute Gasteiger partial charge is 0.476 e. The zero-order chi connectivity index (χ0) is 21.1. The summed E-state index contributed by atoms with van der Waals surface area (Å²) in [6, 6.07) is 13.7. The molecule has 1 amide bonds. The number of aromatic nitrogens is 3. The minimum Gasteiger partial charge on any atom is -0.476 e. The third-order valence-electron chi connectivity index (χ3n) is 5.65. The van der Waals surface area contributed by atoms with Crippen molar-refractivity contribution in [2.75, 3.05) is 19.7 Å². The molecule has 156 valence electrons. The van der Waals surface area contributed by atoms with Crippen LogP contribution < -0.4 is 4.74 Å². The Bertz CT molecular complexity index is 1010. The van der Waals surface area contributed by atoms with E-state index >= 15 is 0 Å². The van der Waals surface area contributed by atoms with Gasteiger partial charge in [-0.25, -0.2) is 0 Å². The van der Waals surface area contributed by atoms with E-state index in [2.05, 4.69) is 36.0 Å².